The molecule has 3 rings (SSSR count). The molecule has 0 bridgehead atoms. The second-order valence-corrected chi connectivity index (χ2v) is 4.83. The molecular weight excluding hydrogens is 234 g/mol. The molecule has 1 aromatic heterocycles. The van der Waals surface area contributed by atoms with Gasteiger partial charge in [0.2, 0.25) is 0 Å². The van der Waals surface area contributed by atoms with Crippen molar-refractivity contribution in [2.24, 2.45) is 7.05 Å². The summed E-state index contributed by atoms with van der Waals surface area (Å²) in [5, 5.41) is 1.02. The van der Waals surface area contributed by atoms with Gasteiger partial charge < -0.3 is 4.57 Å². The molecule has 19 heavy (non-hydrogen) atoms. The van der Waals surface area contributed by atoms with E-state index in [-0.39, 0.29) is 0 Å². The third-order valence-corrected chi connectivity index (χ3v) is 3.56. The Kier molecular flexibility index (Phi) is 2.71. The molecule has 0 saturated heterocycles. The van der Waals surface area contributed by atoms with Gasteiger partial charge in [-0.05, 0) is 24.6 Å². The van der Waals surface area contributed by atoms with Gasteiger partial charge in [-0.3, -0.25) is 4.79 Å². The Morgan fingerprint density at radius 1 is 1.05 bits per heavy atom. The van der Waals surface area contributed by atoms with Crippen molar-refractivity contribution in [3.05, 3.63) is 59.7 Å². The van der Waals surface area contributed by atoms with Crippen LogP contribution in [0.3, 0.4) is 0 Å². The highest BCUT2D eigenvalue weighted by atomic mass is 16.1. The van der Waals surface area contributed by atoms with Crippen molar-refractivity contribution >= 4 is 17.2 Å². The van der Waals surface area contributed by atoms with E-state index in [0.717, 1.165) is 34.0 Å². The minimum atomic E-state index is 0.771. The van der Waals surface area contributed by atoms with E-state index in [1.807, 2.05) is 44.3 Å². The first-order valence-corrected chi connectivity index (χ1v) is 6.32. The number of aryl methyl sites for hydroxylation is 2. The Labute approximate surface area is 112 Å². The fraction of sp³-hybridized carbons (Fsp3) is 0.118. The summed E-state index contributed by atoms with van der Waals surface area (Å²) < 4.78 is 2.09. The second-order valence-electron chi connectivity index (χ2n) is 4.83. The third kappa shape index (κ3) is 1.76. The van der Waals surface area contributed by atoms with Gasteiger partial charge in [0.05, 0.1) is 5.69 Å². The molecule has 1 heterocycles. The Morgan fingerprint density at radius 2 is 1.79 bits per heavy atom. The highest BCUT2D eigenvalue weighted by Crippen LogP contribution is 2.32. The largest absolute Gasteiger partial charge is 0.343 e. The molecule has 0 amide bonds. The Morgan fingerprint density at radius 3 is 2.47 bits per heavy atom. The van der Waals surface area contributed by atoms with Gasteiger partial charge in [-0.15, -0.1) is 0 Å². The predicted molar refractivity (Wildman–Crippen MR) is 78.5 cm³/mol. The minimum absolute atomic E-state index is 0.771. The minimum Gasteiger partial charge on any atom is -0.343 e. The van der Waals surface area contributed by atoms with Gasteiger partial charge in [0.25, 0.3) is 0 Å². The van der Waals surface area contributed by atoms with Gasteiger partial charge in [0, 0.05) is 23.5 Å². The van der Waals surface area contributed by atoms with Crippen LogP contribution >= 0.6 is 0 Å². The number of carbonyl (C=O) groups excluding carboxylic acids is 1. The van der Waals surface area contributed by atoms with Crippen molar-refractivity contribution in [2.75, 3.05) is 0 Å². The number of hydrogen-bond donors (Lipinski definition) is 0. The van der Waals surface area contributed by atoms with Gasteiger partial charge in [0.1, 0.15) is 0 Å². The summed E-state index contributed by atoms with van der Waals surface area (Å²) in [4.78, 5) is 11.5. The average molecular weight is 249 g/mol. The van der Waals surface area contributed by atoms with Gasteiger partial charge in [-0.2, -0.15) is 0 Å². The van der Waals surface area contributed by atoms with Crippen LogP contribution in [0.4, 0.5) is 0 Å². The lowest BCUT2D eigenvalue weighted by molar-refractivity contribution is 0.112. The van der Waals surface area contributed by atoms with Crippen LogP contribution in [-0.2, 0) is 7.05 Å². The van der Waals surface area contributed by atoms with Crippen LogP contribution < -0.4 is 0 Å². The molecule has 0 radical (unpaired) electrons. The molecule has 0 aliphatic heterocycles. The molecule has 0 aliphatic rings. The van der Waals surface area contributed by atoms with Crippen LogP contribution in [-0.4, -0.2) is 10.9 Å². The van der Waals surface area contributed by atoms with Crippen molar-refractivity contribution < 1.29 is 4.79 Å². The van der Waals surface area contributed by atoms with Gasteiger partial charge >= 0.3 is 0 Å². The molecule has 3 aromatic rings. The van der Waals surface area contributed by atoms with Gasteiger partial charge in [-0.25, -0.2) is 0 Å². The number of aromatic nitrogens is 1. The zero-order valence-corrected chi connectivity index (χ0v) is 11.1. The lowest BCUT2D eigenvalue weighted by atomic mass is 10.1. The maximum Gasteiger partial charge on any atom is 0.152 e. The van der Waals surface area contributed by atoms with E-state index in [1.165, 1.54) is 5.56 Å². The summed E-state index contributed by atoms with van der Waals surface area (Å²) in [7, 11) is 2.01. The molecule has 94 valence electrons. The lowest BCUT2D eigenvalue weighted by Crippen LogP contribution is -1.93. The zero-order valence-electron chi connectivity index (χ0n) is 11.1. The van der Waals surface area contributed by atoms with E-state index in [9.17, 15) is 4.79 Å². The summed E-state index contributed by atoms with van der Waals surface area (Å²) in [5.74, 6) is 0. The van der Waals surface area contributed by atoms with Crippen molar-refractivity contribution in [3.63, 3.8) is 0 Å². The standard InChI is InChI=1S/C17H15NO/c1-12-8-9-16-14(10-12)15(11-19)17(18(16)2)13-6-4-3-5-7-13/h3-11H,1-2H3. The summed E-state index contributed by atoms with van der Waals surface area (Å²) >= 11 is 0. The maximum absolute atomic E-state index is 11.5. The SMILES string of the molecule is Cc1ccc2c(c1)c(C=O)c(-c1ccccc1)n2C. The molecule has 0 fully saturated rings. The molecule has 0 unspecified atom stereocenters. The molecule has 0 saturated carbocycles. The van der Waals surface area contributed by atoms with Crippen LogP contribution in [0, 0.1) is 6.92 Å². The highest BCUT2D eigenvalue weighted by Gasteiger charge is 2.15. The molecular formula is C17H15NO. The number of nitrogens with zero attached hydrogens (tertiary/aromatic N) is 1. The quantitative estimate of drug-likeness (QED) is 0.630. The number of hydrogen-bond acceptors (Lipinski definition) is 1. The fourth-order valence-electron chi connectivity index (χ4n) is 2.65. The number of fused-ring (bicyclic) bond motifs is 1. The monoisotopic (exact) mass is 249 g/mol. The molecule has 0 aliphatic carbocycles. The fourth-order valence-corrected chi connectivity index (χ4v) is 2.65. The first-order valence-electron chi connectivity index (χ1n) is 6.32. The van der Waals surface area contributed by atoms with E-state index < -0.39 is 0 Å². The molecule has 0 atom stereocenters. The van der Waals surface area contributed by atoms with Gasteiger partial charge in [-0.1, -0.05) is 42.0 Å². The topological polar surface area (TPSA) is 22.0 Å². The van der Waals surface area contributed by atoms with Gasteiger partial charge in [0.15, 0.2) is 6.29 Å². The summed E-state index contributed by atoms with van der Waals surface area (Å²) in [6, 6.07) is 16.3. The Bertz CT molecular complexity index is 754. The molecule has 2 heteroatoms. The normalized spacial score (nSPS) is 10.8. The van der Waals surface area contributed by atoms with E-state index in [1.54, 1.807) is 0 Å². The summed E-state index contributed by atoms with van der Waals surface area (Å²) in [5.41, 5.74) is 5.08. The zero-order chi connectivity index (χ0) is 13.4. The van der Waals surface area contributed by atoms with E-state index in [4.69, 9.17) is 0 Å². The van der Waals surface area contributed by atoms with Crippen molar-refractivity contribution in [3.8, 4) is 11.3 Å². The van der Waals surface area contributed by atoms with E-state index in [0.29, 0.717) is 0 Å². The maximum atomic E-state index is 11.5. The van der Waals surface area contributed by atoms with Crippen LogP contribution in [0.15, 0.2) is 48.5 Å². The average Bonchev–Trinajstić information content (AvgIpc) is 2.71. The lowest BCUT2D eigenvalue weighted by Gasteiger charge is -2.05. The second kappa shape index (κ2) is 4.39. The molecule has 0 N–H and O–H groups in total. The van der Waals surface area contributed by atoms with Crippen LogP contribution in [0.5, 0.6) is 0 Å². The molecule has 2 aromatic carbocycles. The van der Waals surface area contributed by atoms with Crippen LogP contribution in [0.1, 0.15) is 15.9 Å². The van der Waals surface area contributed by atoms with Crippen LogP contribution in [0.2, 0.25) is 0 Å². The summed E-state index contributed by atoms with van der Waals surface area (Å²) in [6.07, 6.45) is 0.962. The van der Waals surface area contributed by atoms with Crippen molar-refractivity contribution in [1.82, 2.24) is 4.57 Å². The third-order valence-electron chi connectivity index (χ3n) is 3.56. The number of aldehydes is 1. The number of benzene rings is 2. The van der Waals surface area contributed by atoms with E-state index >= 15 is 0 Å². The molecule has 2 nitrogen and oxygen atoms in total. The Balaban J connectivity index is 2.42. The smallest absolute Gasteiger partial charge is 0.152 e. The van der Waals surface area contributed by atoms with Crippen molar-refractivity contribution in [2.45, 2.75) is 6.92 Å². The van der Waals surface area contributed by atoms with Crippen LogP contribution in [0.25, 0.3) is 22.2 Å². The highest BCUT2D eigenvalue weighted by molar-refractivity contribution is 6.05. The molecule has 0 spiro atoms. The van der Waals surface area contributed by atoms with Crippen molar-refractivity contribution in [1.29, 1.82) is 0 Å². The first kappa shape index (κ1) is 11.7. The Hall–Kier alpha value is -2.35. The number of carbonyl (C=O) groups is 1. The summed E-state index contributed by atoms with van der Waals surface area (Å²) in [6.45, 7) is 2.04. The first-order chi connectivity index (χ1) is 9.22. The predicted octanol–water partition coefficient (Wildman–Crippen LogP) is 3.97. The van der Waals surface area contributed by atoms with E-state index in [2.05, 4.69) is 22.8 Å². The number of rotatable bonds is 2.